The minimum absolute atomic E-state index is 0.0108. The van der Waals surface area contributed by atoms with Gasteiger partial charge in [0.15, 0.2) is 0 Å². The number of carbonyl (C=O) groups excluding carboxylic acids is 3. The summed E-state index contributed by atoms with van der Waals surface area (Å²) in [7, 11) is 0. The van der Waals surface area contributed by atoms with Gasteiger partial charge in [-0.2, -0.15) is 0 Å². The lowest BCUT2D eigenvalue weighted by atomic mass is 9.89. The van der Waals surface area contributed by atoms with Crippen LogP contribution in [-0.2, 0) is 22.4 Å². The first kappa shape index (κ1) is 19.9. The minimum atomic E-state index is -0.750. The maximum atomic E-state index is 12.7. The predicted octanol–water partition coefficient (Wildman–Crippen LogP) is 3.39. The number of fused-ring (bicyclic) bond motifs is 1. The van der Waals surface area contributed by atoms with Gasteiger partial charge < -0.3 is 10.6 Å². The second kappa shape index (κ2) is 8.56. The van der Waals surface area contributed by atoms with Crippen molar-refractivity contribution in [1.29, 1.82) is 0 Å². The van der Waals surface area contributed by atoms with Crippen molar-refractivity contribution in [2.75, 3.05) is 0 Å². The van der Waals surface area contributed by atoms with Crippen LogP contribution in [0.1, 0.15) is 81.0 Å². The highest BCUT2D eigenvalue weighted by atomic mass is 16.2. The second-order valence-electron chi connectivity index (χ2n) is 8.73. The van der Waals surface area contributed by atoms with E-state index < -0.39 is 6.04 Å². The molecule has 6 heteroatoms. The number of carbonyl (C=O) groups is 3. The van der Waals surface area contributed by atoms with E-state index in [-0.39, 0.29) is 36.3 Å². The first-order valence-electron chi connectivity index (χ1n) is 11.1. The smallest absolute Gasteiger partial charge is 0.325 e. The molecule has 0 unspecified atom stereocenters. The van der Waals surface area contributed by atoms with Crippen molar-refractivity contribution in [3.05, 3.63) is 34.9 Å². The van der Waals surface area contributed by atoms with Crippen molar-refractivity contribution in [2.24, 2.45) is 0 Å². The third-order valence-electron chi connectivity index (χ3n) is 6.63. The molecular formula is C23H31N3O3. The molecule has 1 aromatic carbocycles. The van der Waals surface area contributed by atoms with Crippen LogP contribution in [-0.4, -0.2) is 34.8 Å². The number of rotatable bonds is 5. The number of hydrogen-bond acceptors (Lipinski definition) is 3. The van der Waals surface area contributed by atoms with E-state index in [1.165, 1.54) is 28.9 Å². The summed E-state index contributed by atoms with van der Waals surface area (Å²) in [6.07, 6.45) is 9.68. The summed E-state index contributed by atoms with van der Waals surface area (Å²) >= 11 is 0. The maximum Gasteiger partial charge on any atom is 0.325 e. The standard InChI is InChI=1S/C23H31N3O3/c1-15(17-12-11-16-7-5-6-8-18(16)13-17)24-21(27)14-20-22(28)26(23(29)25-20)19-9-3-2-4-10-19/h11-13,15,19-20H,2-10,14H2,1H3,(H,24,27)(H,25,29)/t15-,20-/m1/s1. The van der Waals surface area contributed by atoms with E-state index in [2.05, 4.69) is 28.8 Å². The van der Waals surface area contributed by atoms with Gasteiger partial charge in [0.1, 0.15) is 6.04 Å². The quantitative estimate of drug-likeness (QED) is 0.748. The number of aryl methyl sites for hydroxylation is 2. The van der Waals surface area contributed by atoms with E-state index in [1.807, 2.05) is 6.92 Å². The number of benzene rings is 1. The number of hydrogen-bond donors (Lipinski definition) is 2. The molecule has 3 aliphatic rings. The molecular weight excluding hydrogens is 366 g/mol. The van der Waals surface area contributed by atoms with Crippen LogP contribution in [0.4, 0.5) is 4.79 Å². The van der Waals surface area contributed by atoms with E-state index in [1.54, 1.807) is 0 Å². The average Bonchev–Trinajstić information content (AvgIpc) is 3.01. The number of amides is 4. The minimum Gasteiger partial charge on any atom is -0.350 e. The molecule has 1 saturated heterocycles. The molecule has 0 aromatic heterocycles. The molecule has 4 amide bonds. The fourth-order valence-corrected chi connectivity index (χ4v) is 4.96. The van der Waals surface area contributed by atoms with Crippen molar-refractivity contribution < 1.29 is 14.4 Å². The highest BCUT2D eigenvalue weighted by Gasteiger charge is 2.42. The Hall–Kier alpha value is -2.37. The highest BCUT2D eigenvalue weighted by Crippen LogP contribution is 2.27. The lowest BCUT2D eigenvalue weighted by molar-refractivity contribution is -0.132. The largest absolute Gasteiger partial charge is 0.350 e. The SMILES string of the molecule is C[C@@H](NC(=O)C[C@H]1NC(=O)N(C2CCCCC2)C1=O)c1ccc2c(c1)CCCC2. The molecule has 4 rings (SSSR count). The van der Waals surface area contributed by atoms with Crippen molar-refractivity contribution in [3.8, 4) is 0 Å². The molecule has 1 aromatic rings. The summed E-state index contributed by atoms with van der Waals surface area (Å²) in [4.78, 5) is 39.0. The lowest BCUT2D eigenvalue weighted by Gasteiger charge is -2.28. The summed E-state index contributed by atoms with van der Waals surface area (Å²) in [6, 6.07) is 5.22. The van der Waals surface area contributed by atoms with Crippen LogP contribution in [0.2, 0.25) is 0 Å². The maximum absolute atomic E-state index is 12.7. The van der Waals surface area contributed by atoms with Gasteiger partial charge in [-0.3, -0.25) is 14.5 Å². The number of imide groups is 1. The van der Waals surface area contributed by atoms with E-state index in [0.29, 0.717) is 0 Å². The Balaban J connectivity index is 1.34. The van der Waals surface area contributed by atoms with Crippen molar-refractivity contribution in [1.82, 2.24) is 15.5 Å². The Morgan fingerprint density at radius 2 is 1.83 bits per heavy atom. The molecule has 29 heavy (non-hydrogen) atoms. The Bertz CT molecular complexity index is 801. The number of nitrogens with one attached hydrogen (secondary N) is 2. The van der Waals surface area contributed by atoms with Gasteiger partial charge >= 0.3 is 6.03 Å². The van der Waals surface area contributed by atoms with Crippen molar-refractivity contribution in [3.63, 3.8) is 0 Å². The zero-order valence-electron chi connectivity index (χ0n) is 17.2. The normalized spacial score (nSPS) is 23.5. The zero-order valence-corrected chi connectivity index (χ0v) is 17.2. The van der Waals surface area contributed by atoms with Crippen LogP contribution in [0, 0.1) is 0 Å². The molecule has 2 N–H and O–H groups in total. The molecule has 156 valence electrons. The molecule has 1 saturated carbocycles. The topological polar surface area (TPSA) is 78.5 Å². The molecule has 2 fully saturated rings. The third-order valence-corrected chi connectivity index (χ3v) is 6.63. The monoisotopic (exact) mass is 397 g/mol. The summed E-state index contributed by atoms with van der Waals surface area (Å²) < 4.78 is 0. The van der Waals surface area contributed by atoms with E-state index in [9.17, 15) is 14.4 Å². The van der Waals surface area contributed by atoms with Gasteiger partial charge in [0.25, 0.3) is 5.91 Å². The average molecular weight is 398 g/mol. The van der Waals surface area contributed by atoms with Gasteiger partial charge in [-0.05, 0) is 62.1 Å². The number of urea groups is 1. The van der Waals surface area contributed by atoms with Gasteiger partial charge in [0, 0.05) is 6.04 Å². The molecule has 2 aliphatic carbocycles. The highest BCUT2D eigenvalue weighted by molar-refractivity contribution is 6.06. The van der Waals surface area contributed by atoms with Gasteiger partial charge in [-0.25, -0.2) is 4.79 Å². The van der Waals surface area contributed by atoms with Crippen LogP contribution in [0.5, 0.6) is 0 Å². The Kier molecular flexibility index (Phi) is 5.88. The van der Waals surface area contributed by atoms with Gasteiger partial charge in [0.2, 0.25) is 5.91 Å². The first-order valence-corrected chi connectivity index (χ1v) is 11.1. The predicted molar refractivity (Wildman–Crippen MR) is 110 cm³/mol. The molecule has 1 heterocycles. The van der Waals surface area contributed by atoms with Crippen molar-refractivity contribution in [2.45, 2.75) is 89.3 Å². The van der Waals surface area contributed by atoms with Crippen LogP contribution in [0.15, 0.2) is 18.2 Å². The summed E-state index contributed by atoms with van der Waals surface area (Å²) in [5.41, 5.74) is 3.89. The summed E-state index contributed by atoms with van der Waals surface area (Å²) in [6.45, 7) is 1.96. The van der Waals surface area contributed by atoms with Gasteiger partial charge in [0.05, 0.1) is 12.5 Å². The van der Waals surface area contributed by atoms with Crippen molar-refractivity contribution >= 4 is 17.8 Å². The Labute approximate surface area is 172 Å². The molecule has 2 atom stereocenters. The molecule has 6 nitrogen and oxygen atoms in total. The fraction of sp³-hybridized carbons (Fsp3) is 0.609. The molecule has 1 aliphatic heterocycles. The van der Waals surface area contributed by atoms with Gasteiger partial charge in [-0.1, -0.05) is 37.5 Å². The van der Waals surface area contributed by atoms with Crippen LogP contribution in [0.25, 0.3) is 0 Å². The van der Waals surface area contributed by atoms with E-state index in [0.717, 1.165) is 50.5 Å². The summed E-state index contributed by atoms with van der Waals surface area (Å²) in [5, 5.41) is 5.71. The fourth-order valence-electron chi connectivity index (χ4n) is 4.96. The lowest BCUT2D eigenvalue weighted by Crippen LogP contribution is -2.42. The van der Waals surface area contributed by atoms with Crippen LogP contribution < -0.4 is 10.6 Å². The van der Waals surface area contributed by atoms with Crippen LogP contribution >= 0.6 is 0 Å². The van der Waals surface area contributed by atoms with E-state index >= 15 is 0 Å². The van der Waals surface area contributed by atoms with E-state index in [4.69, 9.17) is 0 Å². The third kappa shape index (κ3) is 4.31. The summed E-state index contributed by atoms with van der Waals surface area (Å²) in [5.74, 6) is -0.460. The van der Waals surface area contributed by atoms with Gasteiger partial charge in [-0.15, -0.1) is 0 Å². The molecule has 0 bridgehead atoms. The molecule has 0 radical (unpaired) electrons. The molecule has 0 spiro atoms. The zero-order chi connectivity index (χ0) is 20.4. The Morgan fingerprint density at radius 1 is 1.10 bits per heavy atom. The first-order chi connectivity index (χ1) is 14.0. The number of nitrogens with zero attached hydrogens (tertiary/aromatic N) is 1. The second-order valence-corrected chi connectivity index (χ2v) is 8.73. The Morgan fingerprint density at radius 3 is 2.59 bits per heavy atom. The van der Waals surface area contributed by atoms with Crippen LogP contribution in [0.3, 0.4) is 0 Å².